The van der Waals surface area contributed by atoms with Crippen molar-refractivity contribution < 1.29 is 42.2 Å². The van der Waals surface area contributed by atoms with Crippen molar-refractivity contribution in [3.8, 4) is 11.5 Å². The van der Waals surface area contributed by atoms with Crippen molar-refractivity contribution >= 4 is 23.7 Å². The summed E-state index contributed by atoms with van der Waals surface area (Å²) in [5, 5.41) is 12.2. The number of ketones is 1. The molecular formula is C23H22F3N3O6. The van der Waals surface area contributed by atoms with Gasteiger partial charge in [0.2, 0.25) is 5.78 Å². The number of piperidine rings is 1. The topological polar surface area (TPSA) is 117 Å². The van der Waals surface area contributed by atoms with Gasteiger partial charge in [-0.2, -0.15) is 13.2 Å². The number of carbonyl (C=O) groups excluding carboxylic acids is 3. The summed E-state index contributed by atoms with van der Waals surface area (Å²) in [4.78, 5) is 38.3. The summed E-state index contributed by atoms with van der Waals surface area (Å²) in [7, 11) is 0. The second kappa shape index (κ2) is 9.92. The number of Topliss-reactive ketones (excluding diaryl/α,β-unsaturated/α-hetero) is 1. The molecule has 2 aromatic rings. The molecule has 1 atom stereocenters. The lowest BCUT2D eigenvalue weighted by Crippen LogP contribution is -2.44. The average molecular weight is 493 g/mol. The van der Waals surface area contributed by atoms with E-state index in [0.29, 0.717) is 37.4 Å². The van der Waals surface area contributed by atoms with Crippen molar-refractivity contribution in [1.82, 2.24) is 10.4 Å². The number of fused-ring (bicyclic) bond motifs is 1. The zero-order chi connectivity index (χ0) is 25.2. The van der Waals surface area contributed by atoms with Crippen LogP contribution in [0, 0.1) is 0 Å². The number of amides is 1. The number of anilines is 1. The van der Waals surface area contributed by atoms with Crippen LogP contribution in [0.1, 0.15) is 40.4 Å². The number of alkyl halides is 3. The zero-order valence-corrected chi connectivity index (χ0v) is 18.3. The van der Waals surface area contributed by atoms with E-state index < -0.39 is 29.5 Å². The van der Waals surface area contributed by atoms with Crippen LogP contribution in [-0.4, -0.2) is 54.0 Å². The Morgan fingerprint density at radius 3 is 2.46 bits per heavy atom. The fourth-order valence-electron chi connectivity index (χ4n) is 4.35. The molecule has 12 heteroatoms. The second-order valence-electron chi connectivity index (χ2n) is 8.11. The number of nitrogens with zero attached hydrogens (tertiary/aromatic N) is 1. The van der Waals surface area contributed by atoms with Gasteiger partial charge >= 0.3 is 6.18 Å². The molecule has 1 unspecified atom stereocenters. The van der Waals surface area contributed by atoms with Gasteiger partial charge in [-0.1, -0.05) is 6.07 Å². The van der Waals surface area contributed by atoms with E-state index in [4.69, 9.17) is 9.47 Å². The van der Waals surface area contributed by atoms with Crippen LogP contribution >= 0.6 is 0 Å². The SMILES string of the molecule is O=CC(=O)C(c1ccc2c(c1C(=O)NO)OCN2)N1CCC(Oc2ccc(C(F)(F)F)cc2)CC1. The molecule has 0 bridgehead atoms. The number of likely N-dealkylation sites (tertiary alicyclic amines) is 1. The lowest BCUT2D eigenvalue weighted by atomic mass is 9.92. The number of nitrogens with one attached hydrogen (secondary N) is 2. The molecule has 0 aromatic heterocycles. The highest BCUT2D eigenvalue weighted by Gasteiger charge is 2.36. The molecule has 3 N–H and O–H groups in total. The number of hydrogen-bond acceptors (Lipinski definition) is 8. The Morgan fingerprint density at radius 2 is 1.86 bits per heavy atom. The number of hydrogen-bond donors (Lipinski definition) is 3. The number of hydroxylamine groups is 1. The van der Waals surface area contributed by atoms with Crippen LogP contribution in [0.5, 0.6) is 11.5 Å². The number of benzene rings is 2. The summed E-state index contributed by atoms with van der Waals surface area (Å²) in [6.45, 7) is 0.724. The molecule has 0 aliphatic carbocycles. The van der Waals surface area contributed by atoms with Crippen LogP contribution < -0.4 is 20.3 Å². The minimum Gasteiger partial charge on any atom is -0.490 e. The molecule has 1 fully saturated rings. The Bertz CT molecular complexity index is 1110. The first-order chi connectivity index (χ1) is 16.7. The van der Waals surface area contributed by atoms with E-state index in [2.05, 4.69) is 5.32 Å². The number of ether oxygens (including phenoxy) is 2. The predicted octanol–water partition coefficient (Wildman–Crippen LogP) is 2.94. The van der Waals surface area contributed by atoms with Crippen LogP contribution in [0.4, 0.5) is 18.9 Å². The van der Waals surface area contributed by atoms with Crippen molar-refractivity contribution in [1.29, 1.82) is 0 Å². The molecule has 186 valence electrons. The highest BCUT2D eigenvalue weighted by atomic mass is 19.4. The molecule has 4 rings (SSSR count). The van der Waals surface area contributed by atoms with Gasteiger partial charge in [0.15, 0.2) is 18.8 Å². The predicted molar refractivity (Wildman–Crippen MR) is 115 cm³/mol. The van der Waals surface area contributed by atoms with E-state index in [-0.39, 0.29) is 36.0 Å². The first-order valence-corrected chi connectivity index (χ1v) is 10.8. The molecule has 1 saturated heterocycles. The van der Waals surface area contributed by atoms with Crippen molar-refractivity contribution in [3.63, 3.8) is 0 Å². The van der Waals surface area contributed by atoms with Crippen LogP contribution in [0.3, 0.4) is 0 Å². The Hall–Kier alpha value is -3.64. The normalized spacial score (nSPS) is 17.0. The summed E-state index contributed by atoms with van der Waals surface area (Å²) < 4.78 is 49.5. The minimum atomic E-state index is -4.44. The second-order valence-corrected chi connectivity index (χ2v) is 8.11. The van der Waals surface area contributed by atoms with E-state index in [0.717, 1.165) is 12.1 Å². The van der Waals surface area contributed by atoms with Gasteiger partial charge in [-0.05, 0) is 48.7 Å². The highest BCUT2D eigenvalue weighted by Crippen LogP contribution is 2.40. The number of aldehydes is 1. The van der Waals surface area contributed by atoms with E-state index >= 15 is 0 Å². The molecule has 35 heavy (non-hydrogen) atoms. The Kier molecular flexibility index (Phi) is 6.94. The summed E-state index contributed by atoms with van der Waals surface area (Å²) in [6, 6.07) is 6.46. The molecule has 9 nitrogen and oxygen atoms in total. The quantitative estimate of drug-likeness (QED) is 0.233. The molecule has 2 aromatic carbocycles. The molecular weight excluding hydrogens is 471 g/mol. The van der Waals surface area contributed by atoms with Gasteiger partial charge in [0.25, 0.3) is 5.91 Å². The molecule has 0 saturated carbocycles. The van der Waals surface area contributed by atoms with Crippen LogP contribution in [0.2, 0.25) is 0 Å². The van der Waals surface area contributed by atoms with Crippen molar-refractivity contribution in [2.45, 2.75) is 31.2 Å². The molecule has 0 spiro atoms. The minimum absolute atomic E-state index is 0.0571. The maximum atomic E-state index is 12.8. The maximum Gasteiger partial charge on any atom is 0.416 e. The monoisotopic (exact) mass is 493 g/mol. The van der Waals surface area contributed by atoms with E-state index in [1.807, 2.05) is 0 Å². The third-order valence-electron chi connectivity index (χ3n) is 6.00. The van der Waals surface area contributed by atoms with Crippen molar-refractivity contribution in [2.24, 2.45) is 0 Å². The van der Waals surface area contributed by atoms with E-state index in [1.54, 1.807) is 16.4 Å². The molecule has 2 aliphatic heterocycles. The lowest BCUT2D eigenvalue weighted by molar-refractivity contribution is -0.137. The first-order valence-electron chi connectivity index (χ1n) is 10.8. The third kappa shape index (κ3) is 5.08. The summed E-state index contributed by atoms with van der Waals surface area (Å²) in [5.74, 6) is -1.20. The van der Waals surface area contributed by atoms with Gasteiger partial charge in [0.05, 0.1) is 16.8 Å². The van der Waals surface area contributed by atoms with Gasteiger partial charge < -0.3 is 14.8 Å². The van der Waals surface area contributed by atoms with Crippen LogP contribution in [-0.2, 0) is 15.8 Å². The summed E-state index contributed by atoms with van der Waals surface area (Å²) in [5.41, 5.74) is 1.44. The molecule has 2 heterocycles. The van der Waals surface area contributed by atoms with Crippen LogP contribution in [0.25, 0.3) is 0 Å². The first kappa shape index (κ1) is 24.5. The number of carbonyl (C=O) groups is 3. The molecule has 2 aliphatic rings. The van der Waals surface area contributed by atoms with Gasteiger partial charge in [-0.25, -0.2) is 5.48 Å². The standard InChI is InChI=1S/C23H22F3N3O6/c24-23(25,26)13-1-3-14(4-2-13)35-15-7-9-29(10-8-15)20(18(31)11-30)16-5-6-17-21(34-12-27-17)19(16)22(32)28-33/h1-6,11,15,20,27,33H,7-10,12H2,(H,28,32). The largest absolute Gasteiger partial charge is 0.490 e. The van der Waals surface area contributed by atoms with Gasteiger partial charge in [0, 0.05) is 13.1 Å². The van der Waals surface area contributed by atoms with Gasteiger partial charge in [-0.15, -0.1) is 0 Å². The van der Waals surface area contributed by atoms with Crippen LogP contribution in [0.15, 0.2) is 36.4 Å². The summed E-state index contributed by atoms with van der Waals surface area (Å²) in [6.07, 6.45) is -3.72. The lowest BCUT2D eigenvalue weighted by Gasteiger charge is -2.37. The summed E-state index contributed by atoms with van der Waals surface area (Å²) >= 11 is 0. The molecule has 0 radical (unpaired) electrons. The fraction of sp³-hybridized carbons (Fsp3) is 0.348. The Balaban J connectivity index is 1.52. The van der Waals surface area contributed by atoms with Crippen molar-refractivity contribution in [3.05, 3.63) is 53.1 Å². The van der Waals surface area contributed by atoms with Crippen molar-refractivity contribution in [2.75, 3.05) is 25.1 Å². The number of halogens is 3. The van der Waals surface area contributed by atoms with E-state index in [1.165, 1.54) is 18.2 Å². The molecule has 1 amide bonds. The smallest absolute Gasteiger partial charge is 0.416 e. The van der Waals surface area contributed by atoms with Gasteiger partial charge in [-0.3, -0.25) is 24.5 Å². The van der Waals surface area contributed by atoms with E-state index in [9.17, 15) is 32.8 Å². The highest BCUT2D eigenvalue weighted by molar-refractivity contribution is 6.28. The Labute approximate surface area is 197 Å². The number of rotatable bonds is 7. The Morgan fingerprint density at radius 1 is 1.17 bits per heavy atom. The maximum absolute atomic E-state index is 12.8. The average Bonchev–Trinajstić information content (AvgIpc) is 3.33. The zero-order valence-electron chi connectivity index (χ0n) is 18.3. The third-order valence-corrected chi connectivity index (χ3v) is 6.00. The van der Waals surface area contributed by atoms with Gasteiger partial charge in [0.1, 0.15) is 17.9 Å². The fourth-order valence-corrected chi connectivity index (χ4v) is 4.35.